The number of rotatable bonds is 10. The van der Waals surface area contributed by atoms with Gasteiger partial charge in [-0.2, -0.15) is 63.1 Å². The van der Waals surface area contributed by atoms with E-state index in [4.69, 9.17) is 9.97 Å². The summed E-state index contributed by atoms with van der Waals surface area (Å²) in [5.74, 6) is 0.471. The van der Waals surface area contributed by atoms with Crippen LogP contribution < -0.4 is 0 Å². The molecule has 0 spiro atoms. The Balaban J connectivity index is 1.06. The molecule has 0 fully saturated rings. The Labute approximate surface area is 593 Å². The number of nitriles is 12. The summed E-state index contributed by atoms with van der Waals surface area (Å²) in [5, 5.41) is 128. The van der Waals surface area contributed by atoms with Crippen molar-refractivity contribution < 1.29 is 0 Å². The van der Waals surface area contributed by atoms with Gasteiger partial charge in [0.2, 0.25) is 0 Å². The monoisotopic (exact) mass is 1320 g/mol. The molecule has 15 aromatic rings. The quantitative estimate of drug-likeness (QED) is 0.123. The SMILES string of the molecule is N#Cc1cc(C#N)c(-c2ccc3c(c2)c2cc(-c4c(C#N)cc(C#N)cc4C#N)ccc2n3-c2ccccc2-c2ccc(-c3cc(-c4ccccc4)nc(-c4ccccc4)n3)cc2-n2c3ccc(-c4c(C#N)cc(C#N)cc4C#N)cc3c3cc(-c4c(C#N)cc(C#N)cc4C#N)ccc32)c(C#N)c1. The molecule has 0 aliphatic carbocycles. The number of para-hydroxylation sites is 1. The van der Waals surface area contributed by atoms with Gasteiger partial charge in [0.1, 0.15) is 0 Å². The topological polar surface area (TPSA) is 321 Å². The normalized spacial score (nSPS) is 10.6. The minimum atomic E-state index is 0.0964. The summed E-state index contributed by atoms with van der Waals surface area (Å²) < 4.78 is 4.20. The highest BCUT2D eigenvalue weighted by Crippen LogP contribution is 2.47. The molecule has 0 amide bonds. The minimum absolute atomic E-state index is 0.0964. The first-order valence-electron chi connectivity index (χ1n) is 32.0. The van der Waals surface area contributed by atoms with Crippen molar-refractivity contribution in [3.63, 3.8) is 0 Å². The van der Waals surface area contributed by atoms with E-state index in [1.54, 1.807) is 0 Å². The van der Waals surface area contributed by atoms with E-state index in [0.29, 0.717) is 133 Å². The number of hydrogen-bond donors (Lipinski definition) is 0. The van der Waals surface area contributed by atoms with E-state index in [9.17, 15) is 63.1 Å². The van der Waals surface area contributed by atoms with Gasteiger partial charge in [-0.3, -0.25) is 0 Å². The van der Waals surface area contributed by atoms with E-state index in [-0.39, 0.29) is 66.8 Å². The molecule has 0 aliphatic heterocycles. The third-order valence-electron chi connectivity index (χ3n) is 18.5. The third kappa shape index (κ3) is 10.6. The van der Waals surface area contributed by atoms with Crippen LogP contribution in [0.2, 0.25) is 0 Å². The number of nitrogens with zero attached hydrogens (tertiary/aromatic N) is 16. The van der Waals surface area contributed by atoms with Crippen molar-refractivity contribution in [3.05, 3.63) is 297 Å². The largest absolute Gasteiger partial charge is 0.309 e. The zero-order valence-corrected chi connectivity index (χ0v) is 54.1. The van der Waals surface area contributed by atoms with Crippen LogP contribution in [0.5, 0.6) is 0 Å². The van der Waals surface area contributed by atoms with Crippen LogP contribution in [0.3, 0.4) is 0 Å². The molecule has 0 atom stereocenters. The van der Waals surface area contributed by atoms with Crippen LogP contribution in [-0.4, -0.2) is 19.1 Å². The highest BCUT2D eigenvalue weighted by atomic mass is 15.0. The fourth-order valence-corrected chi connectivity index (χ4v) is 14.0. The number of aromatic nitrogens is 4. The summed E-state index contributed by atoms with van der Waals surface area (Å²) in [5.41, 5.74) is 13.3. The van der Waals surface area contributed by atoms with Gasteiger partial charge in [-0.1, -0.05) is 115 Å². The maximum Gasteiger partial charge on any atom is 0.160 e. The molecule has 0 bridgehead atoms. The van der Waals surface area contributed by atoms with E-state index < -0.39 is 0 Å². The van der Waals surface area contributed by atoms with Gasteiger partial charge in [0.15, 0.2) is 5.82 Å². The first-order chi connectivity index (χ1) is 51.0. The molecule has 3 aromatic heterocycles. The van der Waals surface area contributed by atoms with Crippen molar-refractivity contribution in [2.75, 3.05) is 0 Å². The van der Waals surface area contributed by atoms with Crippen LogP contribution in [0.1, 0.15) is 66.8 Å². The summed E-state index contributed by atoms with van der Waals surface area (Å²) in [4.78, 5) is 10.4. The molecule has 0 aliphatic rings. The number of fused-ring (bicyclic) bond motifs is 6. The Bertz CT molecular complexity index is 6390. The Morgan fingerprint density at radius 3 is 0.846 bits per heavy atom. The Kier molecular flexibility index (Phi) is 15.8. The summed E-state index contributed by atoms with van der Waals surface area (Å²) >= 11 is 0. The van der Waals surface area contributed by atoms with Crippen molar-refractivity contribution in [3.8, 4) is 174 Å². The third-order valence-corrected chi connectivity index (χ3v) is 18.5. The Morgan fingerprint density at radius 2 is 0.510 bits per heavy atom. The second-order valence-corrected chi connectivity index (χ2v) is 24.2. The molecule has 12 aromatic carbocycles. The average molecular weight is 1320 g/mol. The molecule has 16 nitrogen and oxygen atoms in total. The van der Waals surface area contributed by atoms with E-state index >= 15 is 0 Å². The second-order valence-electron chi connectivity index (χ2n) is 24.2. The van der Waals surface area contributed by atoms with Gasteiger partial charge in [-0.15, -0.1) is 0 Å². The maximum atomic E-state index is 10.7. The van der Waals surface area contributed by atoms with Crippen molar-refractivity contribution in [2.45, 2.75) is 0 Å². The van der Waals surface area contributed by atoms with E-state index in [1.165, 1.54) is 48.5 Å². The molecular formula is C88H38N16. The molecule has 104 heavy (non-hydrogen) atoms. The fourth-order valence-electron chi connectivity index (χ4n) is 14.0. The molecule has 0 unspecified atom stereocenters. The van der Waals surface area contributed by atoms with Gasteiger partial charge in [0.05, 0.1) is 184 Å². The van der Waals surface area contributed by atoms with Gasteiger partial charge in [-0.05, 0) is 138 Å². The van der Waals surface area contributed by atoms with Crippen LogP contribution >= 0.6 is 0 Å². The second kappa shape index (κ2) is 26.0. The van der Waals surface area contributed by atoms with Crippen LogP contribution in [0, 0.1) is 136 Å². The smallest absolute Gasteiger partial charge is 0.160 e. The zero-order valence-electron chi connectivity index (χ0n) is 54.1. The molecule has 470 valence electrons. The van der Waals surface area contributed by atoms with Gasteiger partial charge >= 0.3 is 0 Å². The minimum Gasteiger partial charge on any atom is -0.309 e. The molecular weight excluding hydrogens is 1280 g/mol. The molecule has 0 saturated carbocycles. The number of benzene rings is 12. The first-order valence-corrected chi connectivity index (χ1v) is 32.0. The molecule has 15 rings (SSSR count). The lowest BCUT2D eigenvalue weighted by atomic mass is 9.91. The first kappa shape index (κ1) is 63.3. The lowest BCUT2D eigenvalue weighted by Crippen LogP contribution is -2.03. The van der Waals surface area contributed by atoms with Crippen LogP contribution in [0.4, 0.5) is 0 Å². The molecule has 0 saturated heterocycles. The highest BCUT2D eigenvalue weighted by molar-refractivity contribution is 6.15. The fraction of sp³-hybridized carbons (Fsp3) is 0. The van der Waals surface area contributed by atoms with Crippen LogP contribution in [-0.2, 0) is 0 Å². The van der Waals surface area contributed by atoms with Crippen molar-refractivity contribution in [1.82, 2.24) is 19.1 Å². The van der Waals surface area contributed by atoms with Gasteiger partial charge in [0.25, 0.3) is 0 Å². The lowest BCUT2D eigenvalue weighted by molar-refractivity contribution is 1.15. The van der Waals surface area contributed by atoms with Crippen molar-refractivity contribution in [2.24, 2.45) is 0 Å². The Hall–Kier alpha value is -16.8. The van der Waals surface area contributed by atoms with Crippen LogP contribution in [0.15, 0.2) is 231 Å². The van der Waals surface area contributed by atoms with E-state index in [1.807, 2.05) is 176 Å². The Morgan fingerprint density at radius 1 is 0.221 bits per heavy atom. The molecule has 0 radical (unpaired) electrons. The summed E-state index contributed by atoms with van der Waals surface area (Å²) in [6.45, 7) is 0. The summed E-state index contributed by atoms with van der Waals surface area (Å²) in [6, 6.07) is 95.2. The van der Waals surface area contributed by atoms with Crippen molar-refractivity contribution in [1.29, 1.82) is 63.1 Å². The molecule has 16 heteroatoms. The standard InChI is InChI=1S/C88H38N16/c89-39-51-25-62(43-93)84(63(26-51)44-94)58-16-21-79-72(33-58)73-34-59(85-64(45-95)27-52(40-90)28-65(85)46-96)17-22-80(73)103(79)78-14-8-7-13-70(78)71-20-15-57(77-38-76(55-9-3-1-4-10-55)101-88(102-77)56-11-5-2-6-12-56)37-83(71)104-81-23-18-60(86-66(47-97)29-53(41-91)30-67(86)48-98)35-74(81)75-36-61(19-24-82(75)104)87-68(49-99)31-54(42-92)32-69(87)50-100/h1-38H. The van der Waals surface area contributed by atoms with E-state index in [0.717, 1.165) is 11.1 Å². The lowest BCUT2D eigenvalue weighted by Gasteiger charge is -2.20. The van der Waals surface area contributed by atoms with Crippen molar-refractivity contribution >= 4 is 43.6 Å². The average Bonchev–Trinajstić information content (AvgIpc) is 1.56. The van der Waals surface area contributed by atoms with Crippen LogP contribution in [0.25, 0.3) is 145 Å². The van der Waals surface area contributed by atoms with Gasteiger partial charge in [0, 0.05) is 71.6 Å². The zero-order chi connectivity index (χ0) is 71.9. The molecule has 0 N–H and O–H groups in total. The summed E-state index contributed by atoms with van der Waals surface area (Å²) in [7, 11) is 0. The predicted molar refractivity (Wildman–Crippen MR) is 391 cm³/mol. The molecule has 3 heterocycles. The predicted octanol–water partition coefficient (Wildman–Crippen LogP) is 18.5. The van der Waals surface area contributed by atoms with E-state index in [2.05, 4.69) is 88.0 Å². The summed E-state index contributed by atoms with van der Waals surface area (Å²) in [6.07, 6.45) is 0. The maximum absolute atomic E-state index is 10.7. The highest BCUT2D eigenvalue weighted by Gasteiger charge is 2.27. The van der Waals surface area contributed by atoms with Gasteiger partial charge < -0.3 is 9.13 Å². The van der Waals surface area contributed by atoms with Gasteiger partial charge in [-0.25, -0.2) is 9.97 Å². The number of hydrogen-bond acceptors (Lipinski definition) is 14.